The van der Waals surface area contributed by atoms with Gasteiger partial charge in [-0.3, -0.25) is 9.89 Å². The number of imidazole rings is 1. The van der Waals surface area contributed by atoms with Crippen molar-refractivity contribution in [2.75, 3.05) is 26.2 Å². The smallest absolute Gasteiger partial charge is 0.188 e. The second kappa shape index (κ2) is 7.89. The van der Waals surface area contributed by atoms with Gasteiger partial charge in [0.25, 0.3) is 0 Å². The maximum Gasteiger partial charge on any atom is 0.188 e. The van der Waals surface area contributed by atoms with Crippen molar-refractivity contribution < 1.29 is 0 Å². The fraction of sp³-hybridized carbons (Fsp3) is 0.714. The Labute approximate surface area is 121 Å². The first-order valence-electron chi connectivity index (χ1n) is 7.53. The van der Waals surface area contributed by atoms with Gasteiger partial charge in [-0.25, -0.2) is 4.98 Å². The highest BCUT2D eigenvalue weighted by Crippen LogP contribution is 2.16. The van der Waals surface area contributed by atoms with Crippen molar-refractivity contribution in [1.82, 2.24) is 19.8 Å². The molecule has 0 radical (unpaired) electrons. The molecule has 20 heavy (non-hydrogen) atoms. The van der Waals surface area contributed by atoms with Crippen LogP contribution in [0.3, 0.4) is 0 Å². The molecule has 6 heteroatoms. The first kappa shape index (κ1) is 14.8. The Balaban J connectivity index is 1.61. The van der Waals surface area contributed by atoms with E-state index in [4.69, 9.17) is 5.73 Å². The summed E-state index contributed by atoms with van der Waals surface area (Å²) in [6, 6.07) is 0.575. The lowest BCUT2D eigenvalue weighted by molar-refractivity contribution is 0.273. The van der Waals surface area contributed by atoms with Crippen molar-refractivity contribution >= 4 is 5.96 Å². The molecule has 0 aromatic carbocycles. The number of aromatic nitrogens is 2. The fourth-order valence-corrected chi connectivity index (χ4v) is 2.67. The van der Waals surface area contributed by atoms with Crippen LogP contribution in [0.4, 0.5) is 0 Å². The Bertz CT molecular complexity index is 400. The third-order valence-corrected chi connectivity index (χ3v) is 3.84. The zero-order chi connectivity index (χ0) is 14.2. The van der Waals surface area contributed by atoms with Gasteiger partial charge in [-0.2, -0.15) is 0 Å². The van der Waals surface area contributed by atoms with E-state index in [1.54, 1.807) is 6.20 Å². The molecule has 0 spiro atoms. The molecular formula is C14H26N6. The molecule has 2 heterocycles. The van der Waals surface area contributed by atoms with E-state index in [1.807, 2.05) is 12.5 Å². The number of aryl methyl sites for hydroxylation is 1. The van der Waals surface area contributed by atoms with E-state index in [0.29, 0.717) is 12.0 Å². The lowest BCUT2D eigenvalue weighted by Gasteiger charge is -2.20. The number of guanidine groups is 1. The third kappa shape index (κ3) is 4.52. The molecule has 1 unspecified atom stereocenters. The van der Waals surface area contributed by atoms with Gasteiger partial charge in [-0.1, -0.05) is 6.92 Å². The van der Waals surface area contributed by atoms with Gasteiger partial charge in [0, 0.05) is 31.5 Å². The van der Waals surface area contributed by atoms with E-state index >= 15 is 0 Å². The van der Waals surface area contributed by atoms with E-state index in [-0.39, 0.29) is 0 Å². The van der Waals surface area contributed by atoms with Crippen LogP contribution in [0, 0.1) is 0 Å². The van der Waals surface area contributed by atoms with Crippen LogP contribution >= 0.6 is 0 Å². The topological polar surface area (TPSA) is 71.5 Å². The number of likely N-dealkylation sites (N-methyl/N-ethyl adjacent to an activating group) is 1. The zero-order valence-electron chi connectivity index (χ0n) is 12.3. The molecule has 1 saturated heterocycles. The van der Waals surface area contributed by atoms with E-state index in [2.05, 4.69) is 31.7 Å². The van der Waals surface area contributed by atoms with E-state index in [0.717, 1.165) is 32.6 Å². The number of nitrogens with one attached hydrogen (secondary N) is 1. The average molecular weight is 278 g/mol. The first-order valence-corrected chi connectivity index (χ1v) is 7.53. The summed E-state index contributed by atoms with van der Waals surface area (Å²) in [5.74, 6) is 0.568. The first-order chi connectivity index (χ1) is 9.79. The predicted octanol–water partition coefficient (Wildman–Crippen LogP) is 0.662. The van der Waals surface area contributed by atoms with Crippen LogP contribution in [0.25, 0.3) is 0 Å². The van der Waals surface area contributed by atoms with Crippen molar-refractivity contribution in [3.05, 3.63) is 18.7 Å². The molecule has 1 atom stereocenters. The second-order valence-electron chi connectivity index (χ2n) is 5.23. The van der Waals surface area contributed by atoms with Crippen LogP contribution in [-0.4, -0.2) is 52.6 Å². The zero-order valence-corrected chi connectivity index (χ0v) is 12.3. The Morgan fingerprint density at radius 2 is 2.45 bits per heavy atom. The molecule has 2 rings (SSSR count). The van der Waals surface area contributed by atoms with Crippen LogP contribution in [0.15, 0.2) is 23.7 Å². The van der Waals surface area contributed by atoms with Crippen LogP contribution in [0.2, 0.25) is 0 Å². The Morgan fingerprint density at radius 1 is 1.55 bits per heavy atom. The maximum absolute atomic E-state index is 5.90. The lowest BCUT2D eigenvalue weighted by Crippen LogP contribution is -2.36. The molecule has 1 aromatic rings. The van der Waals surface area contributed by atoms with Gasteiger partial charge < -0.3 is 15.6 Å². The number of nitrogens with two attached hydrogens (primary N) is 1. The quantitative estimate of drug-likeness (QED) is 0.437. The lowest BCUT2D eigenvalue weighted by atomic mass is 10.2. The number of likely N-dealkylation sites (tertiary alicyclic amines) is 1. The number of nitrogens with zero attached hydrogens (tertiary/aromatic N) is 4. The van der Waals surface area contributed by atoms with Crippen molar-refractivity contribution in [2.45, 2.75) is 38.8 Å². The molecule has 3 N–H and O–H groups in total. The van der Waals surface area contributed by atoms with E-state index in [1.165, 1.54) is 19.4 Å². The molecule has 112 valence electrons. The highest BCUT2D eigenvalue weighted by Gasteiger charge is 2.22. The predicted molar refractivity (Wildman–Crippen MR) is 81.6 cm³/mol. The molecule has 1 aliphatic heterocycles. The largest absolute Gasteiger partial charge is 0.370 e. The maximum atomic E-state index is 5.90. The molecule has 1 aliphatic rings. The summed E-state index contributed by atoms with van der Waals surface area (Å²) in [6.45, 7) is 7.13. The SMILES string of the molecule is CCN1CCCC1CN=C(N)NCCCn1ccnc1. The molecule has 1 fully saturated rings. The molecule has 0 amide bonds. The summed E-state index contributed by atoms with van der Waals surface area (Å²) in [5.41, 5.74) is 5.90. The van der Waals surface area contributed by atoms with E-state index in [9.17, 15) is 0 Å². The van der Waals surface area contributed by atoms with Gasteiger partial charge in [0.2, 0.25) is 0 Å². The standard InChI is InChI=1S/C14H26N6/c1-2-20-9-3-5-13(20)11-18-14(15)17-6-4-8-19-10-7-16-12-19/h7,10,12-13H,2-6,8-9,11H2,1H3,(H3,15,17,18). The number of rotatable bonds is 7. The van der Waals surface area contributed by atoms with Gasteiger partial charge in [-0.05, 0) is 32.4 Å². The number of hydrogen-bond donors (Lipinski definition) is 2. The van der Waals surface area contributed by atoms with Crippen molar-refractivity contribution in [3.8, 4) is 0 Å². The highest BCUT2D eigenvalue weighted by molar-refractivity contribution is 5.77. The Hall–Kier alpha value is -1.56. The molecule has 0 aliphatic carbocycles. The summed E-state index contributed by atoms with van der Waals surface area (Å²) in [7, 11) is 0. The highest BCUT2D eigenvalue weighted by atomic mass is 15.2. The van der Waals surface area contributed by atoms with Crippen LogP contribution < -0.4 is 11.1 Å². The Morgan fingerprint density at radius 3 is 3.20 bits per heavy atom. The van der Waals surface area contributed by atoms with Crippen molar-refractivity contribution in [2.24, 2.45) is 10.7 Å². The minimum absolute atomic E-state index is 0.568. The summed E-state index contributed by atoms with van der Waals surface area (Å²) in [4.78, 5) is 11.0. The molecule has 6 nitrogen and oxygen atoms in total. The second-order valence-corrected chi connectivity index (χ2v) is 5.23. The summed E-state index contributed by atoms with van der Waals surface area (Å²) >= 11 is 0. The minimum atomic E-state index is 0.568. The fourth-order valence-electron chi connectivity index (χ4n) is 2.67. The summed E-state index contributed by atoms with van der Waals surface area (Å²) in [5, 5.41) is 3.18. The molecule has 0 bridgehead atoms. The van der Waals surface area contributed by atoms with Crippen molar-refractivity contribution in [3.63, 3.8) is 0 Å². The van der Waals surface area contributed by atoms with Gasteiger partial charge in [0.15, 0.2) is 5.96 Å². The monoisotopic (exact) mass is 278 g/mol. The summed E-state index contributed by atoms with van der Waals surface area (Å²) < 4.78 is 2.06. The molecular weight excluding hydrogens is 252 g/mol. The number of aliphatic imine (C=N–C) groups is 1. The van der Waals surface area contributed by atoms with Crippen LogP contribution in [0.5, 0.6) is 0 Å². The van der Waals surface area contributed by atoms with Gasteiger partial charge in [-0.15, -0.1) is 0 Å². The van der Waals surface area contributed by atoms with Gasteiger partial charge in [0.1, 0.15) is 0 Å². The average Bonchev–Trinajstić information content (AvgIpc) is 3.12. The van der Waals surface area contributed by atoms with Crippen molar-refractivity contribution in [1.29, 1.82) is 0 Å². The molecule has 0 saturated carbocycles. The number of hydrogen-bond acceptors (Lipinski definition) is 3. The Kier molecular flexibility index (Phi) is 5.86. The van der Waals surface area contributed by atoms with Gasteiger partial charge >= 0.3 is 0 Å². The van der Waals surface area contributed by atoms with Crippen LogP contribution in [0.1, 0.15) is 26.2 Å². The normalized spacial score (nSPS) is 20.4. The van der Waals surface area contributed by atoms with E-state index < -0.39 is 0 Å². The molecule has 1 aromatic heterocycles. The summed E-state index contributed by atoms with van der Waals surface area (Å²) in [6.07, 6.45) is 9.13. The van der Waals surface area contributed by atoms with Crippen LogP contribution in [-0.2, 0) is 6.54 Å². The van der Waals surface area contributed by atoms with Gasteiger partial charge in [0.05, 0.1) is 12.9 Å². The third-order valence-electron chi connectivity index (χ3n) is 3.84. The minimum Gasteiger partial charge on any atom is -0.370 e.